The number of phenols is 1. The van der Waals surface area contributed by atoms with Crippen molar-refractivity contribution in [2.45, 2.75) is 249 Å². The Balaban J connectivity index is -0.000000229. The predicted molar refractivity (Wildman–Crippen MR) is 416 cm³/mol. The number of unbranched alkanes of at least 4 members (excludes halogenated alkanes) is 1. The Kier molecular flexibility index (Phi) is 71.7. The zero-order valence-corrected chi connectivity index (χ0v) is 65.4. The first-order chi connectivity index (χ1) is 43.9. The predicted octanol–water partition coefficient (Wildman–Crippen LogP) is 18.4. The van der Waals surface area contributed by atoms with Gasteiger partial charge in [0.2, 0.25) is 11.8 Å². The summed E-state index contributed by atoms with van der Waals surface area (Å²) < 4.78 is 0. The van der Waals surface area contributed by atoms with Crippen molar-refractivity contribution >= 4 is 40.4 Å². The molecule has 2 heterocycles. The van der Waals surface area contributed by atoms with Gasteiger partial charge >= 0.3 is 0 Å². The number of fused-ring (bicyclic) bond motifs is 1. The van der Waals surface area contributed by atoms with Gasteiger partial charge in [0.05, 0.1) is 12.4 Å². The minimum Gasteiger partial charge on any atom is -0.508 e. The normalized spacial score (nSPS) is 10.7. The summed E-state index contributed by atoms with van der Waals surface area (Å²) in [5.41, 5.74) is 32.0. The summed E-state index contributed by atoms with van der Waals surface area (Å²) in [5.74, 6) is 8.64. The highest BCUT2D eigenvalue weighted by atomic mass is 32.2. The van der Waals surface area contributed by atoms with Crippen LogP contribution in [-0.2, 0) is 35.3 Å². The lowest BCUT2D eigenvalue weighted by molar-refractivity contribution is -0.119. The molecule has 0 aliphatic carbocycles. The molecule has 546 valence electrons. The minimum atomic E-state index is -0.213. The molecule has 0 saturated carbocycles. The Morgan fingerprint density at radius 2 is 0.989 bits per heavy atom. The molecule has 0 unspecified atom stereocenters. The number of benzene rings is 3. The van der Waals surface area contributed by atoms with E-state index in [0.717, 1.165) is 74.8 Å². The Morgan fingerprint density at radius 3 is 1.33 bits per heavy atom. The van der Waals surface area contributed by atoms with Gasteiger partial charge in [-0.25, -0.2) is 4.98 Å². The maximum Gasteiger partial charge on any atom is 0.217 e. The molecule has 3 aromatic carbocycles. The number of guanidine groups is 1. The Hall–Kier alpha value is -5.35. The van der Waals surface area contributed by atoms with Crippen molar-refractivity contribution in [2.75, 3.05) is 31.7 Å². The first-order valence-electron chi connectivity index (χ1n) is 35.3. The third-order valence-electron chi connectivity index (χ3n) is 12.8. The number of rotatable bonds is 26. The summed E-state index contributed by atoms with van der Waals surface area (Å²) in [6.07, 6.45) is 21.7. The molecule has 0 radical (unpaired) electrons. The van der Waals surface area contributed by atoms with E-state index in [1.54, 1.807) is 25.4 Å². The lowest BCUT2D eigenvalue weighted by Gasteiger charge is -2.04. The number of nitrogens with two attached hydrogens (primary N) is 5. The van der Waals surface area contributed by atoms with Crippen molar-refractivity contribution in [2.24, 2.45) is 98.8 Å². The van der Waals surface area contributed by atoms with E-state index in [9.17, 15) is 9.59 Å². The molecule has 0 saturated heterocycles. The lowest BCUT2D eigenvalue weighted by atomic mass is 10.0. The first-order valence-corrected chi connectivity index (χ1v) is 36.7. The molecule has 1 atom stereocenters. The monoisotopic (exact) mass is 1340 g/mol. The van der Waals surface area contributed by atoms with Crippen LogP contribution in [0.25, 0.3) is 10.9 Å². The van der Waals surface area contributed by atoms with Gasteiger partial charge in [0.15, 0.2) is 5.96 Å². The summed E-state index contributed by atoms with van der Waals surface area (Å²) in [7, 11) is 0. The van der Waals surface area contributed by atoms with Gasteiger partial charge in [-0.05, 0) is 183 Å². The van der Waals surface area contributed by atoms with Crippen molar-refractivity contribution in [3.05, 3.63) is 120 Å². The third kappa shape index (κ3) is 84.7. The van der Waals surface area contributed by atoms with E-state index in [1.807, 2.05) is 71.6 Å². The number of primary amides is 2. The van der Waals surface area contributed by atoms with Crippen molar-refractivity contribution in [3.63, 3.8) is 0 Å². The molecular formula is C79H149N9O5S. The highest BCUT2D eigenvalue weighted by molar-refractivity contribution is 7.98. The number of aromatic nitrogens is 3. The van der Waals surface area contributed by atoms with E-state index in [0.29, 0.717) is 60.7 Å². The molecule has 94 heavy (non-hydrogen) atoms. The van der Waals surface area contributed by atoms with Crippen LogP contribution in [-0.4, -0.2) is 85.9 Å². The number of aromatic amines is 2. The number of nitrogens with zero attached hydrogens (tertiary/aromatic N) is 2. The number of hydrogen-bond acceptors (Lipinski definition) is 9. The van der Waals surface area contributed by atoms with Crippen molar-refractivity contribution in [1.29, 1.82) is 0 Å². The number of nitrogens with one attached hydrogen (secondary N) is 2. The van der Waals surface area contributed by atoms with Crippen molar-refractivity contribution in [1.82, 2.24) is 15.0 Å². The molecule has 5 aromatic rings. The zero-order chi connectivity index (χ0) is 73.6. The van der Waals surface area contributed by atoms with Gasteiger partial charge in [0.1, 0.15) is 5.75 Å². The number of carbonyl (C=O) groups excluding carboxylic acids is 2. The van der Waals surface area contributed by atoms with Crippen LogP contribution >= 0.6 is 11.8 Å². The van der Waals surface area contributed by atoms with Crippen molar-refractivity contribution < 1.29 is 24.9 Å². The second-order valence-electron chi connectivity index (χ2n) is 28.7. The molecule has 0 fully saturated rings. The number of imidazole rings is 1. The minimum absolute atomic E-state index is 0.148. The smallest absolute Gasteiger partial charge is 0.217 e. The SMILES string of the molecule is CC(C)CC(N)=O.CC(C)CCC(N)=O.CC(C)CCCCN.CC(C)CCCN=C(N)N.CC(C)CO.CC(C)Cc1c[nH]c2ccccc12.CC(C)Cc1ccc(O)cc1.CC(C)Cc1ccccc1.CC(C)Cc1cnc[nH]1.CC(C)[C@@H](C)O.CSCCC(C)C. The van der Waals surface area contributed by atoms with Gasteiger partial charge in [-0.15, -0.1) is 0 Å². The molecule has 0 aliphatic rings. The zero-order valence-electron chi connectivity index (χ0n) is 64.5. The standard InChI is InChI=1S/C12H15N.C10H14O.C10H14.C7H17N3.C7H12N2.C7H17N.C6H13NO.C6H14S.C5H11NO.C5H12O.C4H10O/c1-9(2)7-10-8-13-12-6-4-3-5-11(10)12;1-8(2)7-9-3-5-10(11)6-4-9;1-9(2)8-10-6-4-3-5-7-10;1-6(2)4-3-5-10-7(8)9;1-6(2)3-7-4-8-5-9-7;1-7(2)5-3-4-6-8;1-5(2)3-4-6(7)8;1-6(2)4-5-7-3;1-4(2)3-5(6)7;1-4(2)5(3)6;1-4(2)3-5/h3-6,8-9,13H,7H2,1-2H3;3-6,8,11H,7H2,1-2H3;3-7,9H,8H2,1-2H3;6H,3-5H2,1-2H3,(H4,8,9,10);4-6H,3H2,1-2H3,(H,8,9);7H,3-6,8H2,1-2H3;5H,3-4H2,1-2H3,(H2,7,8);6H,4-5H2,1-3H3;4H,3H2,1-2H3,(H2,6,7);4-6H,1-3H3;4-5H,3H2,1-2H3/t;;;;;;;;;5-;/m.........1./s1. The highest BCUT2D eigenvalue weighted by Crippen LogP contribution is 2.20. The molecule has 0 spiro atoms. The van der Waals surface area contributed by atoms with E-state index >= 15 is 0 Å². The number of H-pyrrole nitrogens is 2. The molecule has 2 aromatic heterocycles. The second-order valence-corrected chi connectivity index (χ2v) is 29.7. The van der Waals surface area contributed by atoms with Crippen LogP contribution in [0.1, 0.15) is 239 Å². The number of aliphatic imine (C=N–C) groups is 1. The van der Waals surface area contributed by atoms with Gasteiger partial charge < -0.3 is 54.0 Å². The van der Waals surface area contributed by atoms with Crippen LogP contribution in [0, 0.1) is 65.1 Å². The molecule has 15 N–H and O–H groups in total. The topological polar surface area (TPSA) is 282 Å². The fraction of sp³-hybridized carbons (Fsp3) is 0.671. The third-order valence-corrected chi connectivity index (χ3v) is 13.5. The number of aliphatic hydroxyl groups is 2. The number of aliphatic hydroxyl groups excluding tert-OH is 2. The number of hydrogen-bond donors (Lipinski definition) is 10. The average molecular weight is 1340 g/mol. The molecule has 15 heteroatoms. The number of phenolic OH excluding ortho intramolecular Hbond substituents is 1. The quantitative estimate of drug-likeness (QED) is 0.0142. The van der Waals surface area contributed by atoms with Gasteiger partial charge in [-0.3, -0.25) is 14.6 Å². The first kappa shape index (κ1) is 99.7. The number of carbonyl (C=O) groups is 2. The average Bonchev–Trinajstić information content (AvgIpc) is 1.70. The summed E-state index contributed by atoms with van der Waals surface area (Å²) in [6, 6.07) is 26.5. The number of aromatic hydroxyl groups is 1. The van der Waals surface area contributed by atoms with Crippen LogP contribution in [0.5, 0.6) is 5.75 Å². The van der Waals surface area contributed by atoms with E-state index in [2.05, 4.69) is 198 Å². The van der Waals surface area contributed by atoms with E-state index in [1.165, 1.54) is 77.6 Å². The Labute approximate surface area is 582 Å². The summed E-state index contributed by atoms with van der Waals surface area (Å²) in [5, 5.41) is 27.1. The van der Waals surface area contributed by atoms with E-state index < -0.39 is 0 Å². The van der Waals surface area contributed by atoms with Crippen LogP contribution in [0.15, 0.2) is 103 Å². The van der Waals surface area contributed by atoms with Crippen LogP contribution < -0.4 is 28.7 Å². The van der Waals surface area contributed by atoms with E-state index in [4.69, 9.17) is 44.0 Å². The maximum absolute atomic E-state index is 10.1. The van der Waals surface area contributed by atoms with Crippen LogP contribution in [0.2, 0.25) is 0 Å². The fourth-order valence-corrected chi connectivity index (χ4v) is 8.06. The molecular weight excluding hydrogens is 1190 g/mol. The van der Waals surface area contributed by atoms with Gasteiger partial charge in [0.25, 0.3) is 0 Å². The highest BCUT2D eigenvalue weighted by Gasteiger charge is 2.05. The molecule has 0 bridgehead atoms. The van der Waals surface area contributed by atoms with Gasteiger partial charge in [-0.1, -0.05) is 226 Å². The van der Waals surface area contributed by atoms with Gasteiger partial charge in [-0.2, -0.15) is 11.8 Å². The lowest BCUT2D eigenvalue weighted by Crippen LogP contribution is -2.22. The Bertz CT molecular complexity index is 2370. The largest absolute Gasteiger partial charge is 0.508 e. The summed E-state index contributed by atoms with van der Waals surface area (Å²) >= 11 is 1.93. The number of thioether (sulfide) groups is 1. The summed E-state index contributed by atoms with van der Waals surface area (Å²) in [4.78, 5) is 34.3. The molecule has 2 amide bonds. The molecule has 0 aliphatic heterocycles. The fourth-order valence-electron chi connectivity index (χ4n) is 7.36. The van der Waals surface area contributed by atoms with Crippen LogP contribution in [0.3, 0.4) is 0 Å². The summed E-state index contributed by atoms with van der Waals surface area (Å²) in [6.45, 7) is 50.9. The maximum atomic E-state index is 10.1. The van der Waals surface area contributed by atoms with Gasteiger partial charge in [0, 0.05) is 55.0 Å². The van der Waals surface area contributed by atoms with Crippen molar-refractivity contribution in [3.8, 4) is 5.75 Å². The Morgan fingerprint density at radius 1 is 0.532 bits per heavy atom. The number of amides is 2. The molecule has 5 rings (SSSR count). The number of para-hydroxylation sites is 1. The molecule has 14 nitrogen and oxygen atoms in total. The van der Waals surface area contributed by atoms with E-state index in [-0.39, 0.29) is 23.9 Å². The second kappa shape index (κ2) is 67.6. The van der Waals surface area contributed by atoms with Crippen LogP contribution in [0.4, 0.5) is 0 Å².